The van der Waals surface area contributed by atoms with Gasteiger partial charge in [-0.2, -0.15) is 0 Å². The number of sulfonamides is 1. The molecule has 108 valence electrons. The van der Waals surface area contributed by atoms with E-state index < -0.39 is 15.6 Å². The van der Waals surface area contributed by atoms with Crippen LogP contribution in [0.5, 0.6) is 0 Å². The van der Waals surface area contributed by atoms with Gasteiger partial charge < -0.3 is 9.84 Å². The summed E-state index contributed by atoms with van der Waals surface area (Å²) in [4.78, 5) is 0. The summed E-state index contributed by atoms with van der Waals surface area (Å²) >= 11 is 0. The second-order valence-electron chi connectivity index (χ2n) is 6.41. The van der Waals surface area contributed by atoms with Crippen LogP contribution in [0.3, 0.4) is 0 Å². The Balaban J connectivity index is 2.66. The number of ether oxygens (including phenoxy) is 1. The molecule has 0 spiro atoms. The average Bonchev–Trinajstić information content (AvgIpc) is 2.14. The monoisotopic (exact) mass is 279 g/mol. The van der Waals surface area contributed by atoms with Gasteiger partial charge in [0.15, 0.2) is 0 Å². The largest absolute Gasteiger partial charge is 0.388 e. The van der Waals surface area contributed by atoms with Crippen molar-refractivity contribution in [3.63, 3.8) is 0 Å². The minimum atomic E-state index is -3.32. The Hall–Kier alpha value is -0.170. The maximum Gasteiger partial charge on any atom is 0.214 e. The molecule has 1 heterocycles. The lowest BCUT2D eigenvalue weighted by Crippen LogP contribution is -2.48. The SMILES string of the molecule is CN(CC1(O)CCOCC1)S(=O)(=O)CC(C)(C)C. The lowest BCUT2D eigenvalue weighted by atomic mass is 9.95. The van der Waals surface area contributed by atoms with Crippen molar-refractivity contribution >= 4 is 10.0 Å². The van der Waals surface area contributed by atoms with Crippen molar-refractivity contribution < 1.29 is 18.3 Å². The van der Waals surface area contributed by atoms with Gasteiger partial charge in [-0.3, -0.25) is 0 Å². The van der Waals surface area contributed by atoms with Crippen LogP contribution in [0, 0.1) is 5.41 Å². The van der Waals surface area contributed by atoms with Crippen molar-refractivity contribution in [3.05, 3.63) is 0 Å². The van der Waals surface area contributed by atoms with Crippen LogP contribution in [0.2, 0.25) is 0 Å². The molecule has 0 amide bonds. The minimum absolute atomic E-state index is 0.0864. The van der Waals surface area contributed by atoms with E-state index in [1.807, 2.05) is 20.8 Å². The fraction of sp³-hybridized carbons (Fsp3) is 1.00. The third-order valence-corrected chi connectivity index (χ3v) is 5.34. The zero-order valence-electron chi connectivity index (χ0n) is 11.8. The lowest BCUT2D eigenvalue weighted by Gasteiger charge is -2.35. The van der Waals surface area contributed by atoms with E-state index in [-0.39, 0.29) is 17.7 Å². The second kappa shape index (κ2) is 5.45. The van der Waals surface area contributed by atoms with Crippen LogP contribution in [0.4, 0.5) is 0 Å². The van der Waals surface area contributed by atoms with Crippen LogP contribution in [-0.2, 0) is 14.8 Å². The fourth-order valence-corrected chi connectivity index (χ4v) is 3.83. The van der Waals surface area contributed by atoms with E-state index in [0.717, 1.165) is 0 Å². The zero-order valence-corrected chi connectivity index (χ0v) is 12.6. The lowest BCUT2D eigenvalue weighted by molar-refractivity contribution is -0.0690. The van der Waals surface area contributed by atoms with E-state index in [9.17, 15) is 13.5 Å². The predicted octanol–water partition coefficient (Wildman–Crippen LogP) is 0.836. The van der Waals surface area contributed by atoms with Crippen LogP contribution < -0.4 is 0 Å². The van der Waals surface area contributed by atoms with Gasteiger partial charge in [0, 0.05) is 39.6 Å². The molecular formula is C12H25NO4S. The van der Waals surface area contributed by atoms with E-state index in [4.69, 9.17) is 4.74 Å². The number of hydrogen-bond acceptors (Lipinski definition) is 4. The van der Waals surface area contributed by atoms with Gasteiger partial charge in [-0.05, 0) is 5.41 Å². The van der Waals surface area contributed by atoms with Crippen LogP contribution in [-0.4, -0.2) is 56.0 Å². The smallest absolute Gasteiger partial charge is 0.214 e. The van der Waals surface area contributed by atoms with Crippen LogP contribution >= 0.6 is 0 Å². The van der Waals surface area contributed by atoms with Crippen molar-refractivity contribution in [2.45, 2.75) is 39.2 Å². The molecule has 0 aromatic carbocycles. The summed E-state index contributed by atoms with van der Waals surface area (Å²) in [5.74, 6) is 0.0864. The van der Waals surface area contributed by atoms with Crippen LogP contribution in [0.15, 0.2) is 0 Å². The molecular weight excluding hydrogens is 254 g/mol. The van der Waals surface area contributed by atoms with Gasteiger partial charge in [-0.15, -0.1) is 0 Å². The molecule has 0 aromatic rings. The first kappa shape index (κ1) is 15.9. The van der Waals surface area contributed by atoms with Gasteiger partial charge in [0.25, 0.3) is 0 Å². The van der Waals surface area contributed by atoms with Crippen molar-refractivity contribution in [2.24, 2.45) is 5.41 Å². The van der Waals surface area contributed by atoms with Crippen LogP contribution in [0.25, 0.3) is 0 Å². The summed E-state index contributed by atoms with van der Waals surface area (Å²) in [5.41, 5.74) is -1.23. The summed E-state index contributed by atoms with van der Waals surface area (Å²) < 4.78 is 30.8. The quantitative estimate of drug-likeness (QED) is 0.828. The molecule has 0 aliphatic carbocycles. The molecule has 1 fully saturated rings. The van der Waals surface area contributed by atoms with Crippen molar-refractivity contribution in [3.8, 4) is 0 Å². The molecule has 1 rings (SSSR count). The van der Waals surface area contributed by atoms with Gasteiger partial charge in [0.2, 0.25) is 10.0 Å². The molecule has 0 aromatic heterocycles. The Kier molecular flexibility index (Phi) is 4.81. The summed E-state index contributed by atoms with van der Waals surface area (Å²) in [6.07, 6.45) is 0.977. The summed E-state index contributed by atoms with van der Waals surface area (Å²) in [7, 11) is -1.79. The highest BCUT2D eigenvalue weighted by atomic mass is 32.2. The first-order valence-corrected chi connectivity index (χ1v) is 7.89. The number of hydrogen-bond donors (Lipinski definition) is 1. The molecule has 1 N–H and O–H groups in total. The predicted molar refractivity (Wildman–Crippen MR) is 70.9 cm³/mol. The Morgan fingerprint density at radius 2 is 1.78 bits per heavy atom. The fourth-order valence-electron chi connectivity index (χ4n) is 2.08. The van der Waals surface area contributed by atoms with Crippen LogP contribution in [0.1, 0.15) is 33.6 Å². The average molecular weight is 279 g/mol. The number of rotatable bonds is 4. The Morgan fingerprint density at radius 1 is 1.28 bits per heavy atom. The van der Waals surface area contributed by atoms with Gasteiger partial charge >= 0.3 is 0 Å². The number of likely N-dealkylation sites (N-methyl/N-ethyl adjacent to an activating group) is 1. The minimum Gasteiger partial charge on any atom is -0.388 e. The third-order valence-electron chi connectivity index (χ3n) is 3.03. The Bertz CT molecular complexity index is 366. The zero-order chi connectivity index (χ0) is 14.0. The topological polar surface area (TPSA) is 66.8 Å². The van der Waals surface area contributed by atoms with Gasteiger partial charge in [-0.25, -0.2) is 12.7 Å². The molecule has 1 saturated heterocycles. The van der Waals surface area contributed by atoms with Crippen molar-refractivity contribution in [1.82, 2.24) is 4.31 Å². The summed E-state index contributed by atoms with van der Waals surface area (Å²) in [5, 5.41) is 10.3. The first-order chi connectivity index (χ1) is 8.04. The highest BCUT2D eigenvalue weighted by Crippen LogP contribution is 2.24. The first-order valence-electron chi connectivity index (χ1n) is 6.28. The van der Waals surface area contributed by atoms with Gasteiger partial charge in [-0.1, -0.05) is 20.8 Å². The molecule has 0 unspecified atom stereocenters. The highest BCUT2D eigenvalue weighted by Gasteiger charge is 2.35. The van der Waals surface area contributed by atoms with Gasteiger partial charge in [0.1, 0.15) is 0 Å². The molecule has 0 radical (unpaired) electrons. The third kappa shape index (κ3) is 4.84. The van der Waals surface area contributed by atoms with E-state index in [2.05, 4.69) is 0 Å². The Labute approximate surface area is 110 Å². The number of nitrogens with zero attached hydrogens (tertiary/aromatic N) is 1. The van der Waals surface area contributed by atoms with Gasteiger partial charge in [0.05, 0.1) is 11.4 Å². The van der Waals surface area contributed by atoms with E-state index in [1.165, 1.54) is 11.4 Å². The maximum atomic E-state index is 12.1. The molecule has 0 saturated carbocycles. The number of aliphatic hydroxyl groups is 1. The second-order valence-corrected chi connectivity index (χ2v) is 8.49. The highest BCUT2D eigenvalue weighted by molar-refractivity contribution is 7.89. The van der Waals surface area contributed by atoms with E-state index in [1.54, 1.807) is 0 Å². The Morgan fingerprint density at radius 3 is 2.22 bits per heavy atom. The molecule has 5 nitrogen and oxygen atoms in total. The normalized spacial score (nSPS) is 21.2. The molecule has 6 heteroatoms. The summed E-state index contributed by atoms with van der Waals surface area (Å²) in [6.45, 7) is 6.80. The maximum absolute atomic E-state index is 12.1. The summed E-state index contributed by atoms with van der Waals surface area (Å²) in [6, 6.07) is 0. The molecule has 0 bridgehead atoms. The molecule has 18 heavy (non-hydrogen) atoms. The van der Waals surface area contributed by atoms with E-state index >= 15 is 0 Å². The van der Waals surface area contributed by atoms with Crippen molar-refractivity contribution in [1.29, 1.82) is 0 Å². The molecule has 1 aliphatic rings. The molecule has 0 atom stereocenters. The van der Waals surface area contributed by atoms with E-state index in [0.29, 0.717) is 26.1 Å². The standard InChI is InChI=1S/C12H25NO4S/c1-11(2,3)10-18(15,16)13(4)9-12(14)5-7-17-8-6-12/h14H,5-10H2,1-4H3. The molecule has 1 aliphatic heterocycles. The van der Waals surface area contributed by atoms with Crippen molar-refractivity contribution in [2.75, 3.05) is 32.6 Å².